The molecule has 6 heteroatoms. The van der Waals surface area contributed by atoms with E-state index in [1.165, 1.54) is 0 Å². The standard InChI is InChI=1S/C10H19NO4P/c1-8(5-6-16(14)7-12)11-9(13)15-10(2,3)4/h12H,5-7H2,1-4H3/q+1. The third-order valence-electron chi connectivity index (χ3n) is 1.56. The maximum Gasteiger partial charge on any atom is 0.434 e. The number of rotatable bonds is 4. The van der Waals surface area contributed by atoms with E-state index >= 15 is 0 Å². The van der Waals surface area contributed by atoms with Crippen molar-refractivity contribution < 1.29 is 19.2 Å². The highest BCUT2D eigenvalue weighted by atomic mass is 31.1. The molecule has 1 atom stereocenters. The molecule has 0 saturated carbocycles. The topological polar surface area (TPSA) is 76.0 Å². The lowest BCUT2D eigenvalue weighted by atomic mass is 10.2. The monoisotopic (exact) mass is 248 g/mol. The van der Waals surface area contributed by atoms with Crippen LogP contribution < -0.4 is 0 Å². The van der Waals surface area contributed by atoms with Crippen LogP contribution in [0.1, 0.15) is 34.1 Å². The number of carbonyl (C=O) groups is 1. The third-order valence-corrected chi connectivity index (χ3v) is 2.59. The van der Waals surface area contributed by atoms with Crippen LogP contribution in [-0.4, -0.2) is 35.0 Å². The lowest BCUT2D eigenvalue weighted by Crippen LogP contribution is -2.22. The first-order valence-electron chi connectivity index (χ1n) is 5.04. The summed E-state index contributed by atoms with van der Waals surface area (Å²) in [5.74, 6) is 0. The van der Waals surface area contributed by atoms with Gasteiger partial charge in [0.1, 0.15) is 5.60 Å². The minimum Gasteiger partial charge on any atom is -0.442 e. The van der Waals surface area contributed by atoms with Crippen molar-refractivity contribution in [2.45, 2.75) is 39.7 Å². The average molecular weight is 248 g/mol. The molecule has 0 aliphatic carbocycles. The second-order valence-corrected chi connectivity index (χ2v) is 6.12. The molecule has 1 N–H and O–H groups in total. The van der Waals surface area contributed by atoms with Gasteiger partial charge in [-0.2, -0.15) is 4.99 Å². The first-order chi connectivity index (χ1) is 7.24. The van der Waals surface area contributed by atoms with Crippen molar-refractivity contribution in [3.8, 4) is 0 Å². The molecule has 0 fully saturated rings. The summed E-state index contributed by atoms with van der Waals surface area (Å²) in [6.07, 6.45) is -0.196. The van der Waals surface area contributed by atoms with Crippen molar-refractivity contribution in [1.29, 1.82) is 0 Å². The van der Waals surface area contributed by atoms with Crippen molar-refractivity contribution >= 4 is 19.6 Å². The van der Waals surface area contributed by atoms with E-state index in [-0.39, 0.29) is 6.35 Å². The van der Waals surface area contributed by atoms with Gasteiger partial charge in [0.25, 0.3) is 0 Å². The Morgan fingerprint density at radius 1 is 1.44 bits per heavy atom. The normalized spacial score (nSPS) is 13.6. The van der Waals surface area contributed by atoms with Gasteiger partial charge < -0.3 is 9.84 Å². The van der Waals surface area contributed by atoms with Crippen LogP contribution in [0.15, 0.2) is 4.99 Å². The van der Waals surface area contributed by atoms with Gasteiger partial charge in [-0.1, -0.05) is 4.57 Å². The summed E-state index contributed by atoms with van der Waals surface area (Å²) < 4.78 is 16.0. The van der Waals surface area contributed by atoms with Crippen molar-refractivity contribution in [1.82, 2.24) is 0 Å². The van der Waals surface area contributed by atoms with Crippen LogP contribution in [0.5, 0.6) is 0 Å². The number of aliphatic imine (C=N–C) groups is 1. The number of ether oxygens (including phenoxy) is 1. The molecule has 1 unspecified atom stereocenters. The fourth-order valence-electron chi connectivity index (χ4n) is 0.854. The summed E-state index contributed by atoms with van der Waals surface area (Å²) in [7, 11) is -1.59. The van der Waals surface area contributed by atoms with Gasteiger partial charge in [0.15, 0.2) is 6.16 Å². The molecule has 1 amide bonds. The van der Waals surface area contributed by atoms with Gasteiger partial charge in [-0.05, 0) is 27.7 Å². The molecule has 0 saturated heterocycles. The van der Waals surface area contributed by atoms with E-state index in [1.807, 2.05) is 0 Å². The SMILES string of the molecule is CC(CC[P+](=O)CO)=NC(=O)OC(C)(C)C. The molecule has 0 aliphatic rings. The molecular weight excluding hydrogens is 229 g/mol. The number of aliphatic hydroxyl groups excluding tert-OH is 1. The van der Waals surface area contributed by atoms with Crippen LogP contribution in [-0.2, 0) is 9.30 Å². The second kappa shape index (κ2) is 6.71. The molecule has 0 aliphatic heterocycles. The van der Waals surface area contributed by atoms with E-state index < -0.39 is 19.5 Å². The number of aliphatic hydroxyl groups is 1. The van der Waals surface area contributed by atoms with Gasteiger partial charge in [-0.15, -0.1) is 0 Å². The van der Waals surface area contributed by atoms with Gasteiger partial charge in [-0.25, -0.2) is 4.79 Å². The smallest absolute Gasteiger partial charge is 0.434 e. The van der Waals surface area contributed by atoms with E-state index in [1.54, 1.807) is 27.7 Å². The van der Waals surface area contributed by atoms with E-state index in [9.17, 15) is 9.36 Å². The van der Waals surface area contributed by atoms with Crippen LogP contribution in [0.4, 0.5) is 4.79 Å². The lowest BCUT2D eigenvalue weighted by molar-refractivity contribution is 0.0604. The summed E-state index contributed by atoms with van der Waals surface area (Å²) in [6.45, 7) is 6.96. The Kier molecular flexibility index (Phi) is 6.38. The molecule has 0 aromatic rings. The van der Waals surface area contributed by atoms with E-state index in [0.29, 0.717) is 18.3 Å². The summed E-state index contributed by atoms with van der Waals surface area (Å²) in [6, 6.07) is 0. The molecule has 0 rings (SSSR count). The molecular formula is C10H19NO4P+. The van der Waals surface area contributed by atoms with Crippen molar-refractivity contribution in [3.63, 3.8) is 0 Å². The Labute approximate surface area is 96.7 Å². The van der Waals surface area contributed by atoms with E-state index in [0.717, 1.165) is 0 Å². The third kappa shape index (κ3) is 8.50. The van der Waals surface area contributed by atoms with Crippen molar-refractivity contribution in [2.24, 2.45) is 4.99 Å². The Morgan fingerprint density at radius 3 is 2.44 bits per heavy atom. The molecule has 92 valence electrons. The van der Waals surface area contributed by atoms with Gasteiger partial charge in [-0.3, -0.25) is 0 Å². The lowest BCUT2D eigenvalue weighted by Gasteiger charge is -2.17. The summed E-state index contributed by atoms with van der Waals surface area (Å²) >= 11 is 0. The summed E-state index contributed by atoms with van der Waals surface area (Å²) in [4.78, 5) is 15.0. The summed E-state index contributed by atoms with van der Waals surface area (Å²) in [5, 5.41) is 8.57. The van der Waals surface area contributed by atoms with Crippen LogP contribution in [0.25, 0.3) is 0 Å². The van der Waals surface area contributed by atoms with Gasteiger partial charge >= 0.3 is 13.9 Å². The van der Waals surface area contributed by atoms with Gasteiger partial charge in [0.2, 0.25) is 6.35 Å². The Morgan fingerprint density at radius 2 is 2.00 bits per heavy atom. The maximum atomic E-state index is 11.3. The minimum absolute atomic E-state index is 0.324. The van der Waals surface area contributed by atoms with Crippen LogP contribution in [0, 0.1) is 0 Å². The average Bonchev–Trinajstić information content (AvgIpc) is 2.10. The summed E-state index contributed by atoms with van der Waals surface area (Å²) in [5.41, 5.74) is 0.00274. The molecule has 0 aromatic heterocycles. The minimum atomic E-state index is -1.59. The largest absolute Gasteiger partial charge is 0.442 e. The number of carbonyl (C=O) groups excluding carboxylic acids is 1. The highest BCUT2D eigenvalue weighted by Gasteiger charge is 2.17. The Hall–Kier alpha value is -0.800. The molecule has 5 nitrogen and oxygen atoms in total. The number of hydrogen-bond acceptors (Lipinski definition) is 4. The van der Waals surface area contributed by atoms with Crippen molar-refractivity contribution in [2.75, 3.05) is 12.5 Å². The molecule has 0 spiro atoms. The molecule has 0 aromatic carbocycles. The fourth-order valence-corrected chi connectivity index (χ4v) is 1.57. The first kappa shape index (κ1) is 15.2. The Balaban J connectivity index is 4.12. The number of hydrogen-bond donors (Lipinski definition) is 1. The second-order valence-electron chi connectivity index (χ2n) is 4.42. The van der Waals surface area contributed by atoms with Gasteiger partial charge in [0, 0.05) is 12.1 Å². The zero-order valence-corrected chi connectivity index (χ0v) is 11.1. The predicted molar refractivity (Wildman–Crippen MR) is 63.5 cm³/mol. The van der Waals surface area contributed by atoms with Crippen molar-refractivity contribution in [3.05, 3.63) is 0 Å². The van der Waals surface area contributed by atoms with E-state index in [2.05, 4.69) is 4.99 Å². The first-order valence-corrected chi connectivity index (χ1v) is 6.67. The maximum absolute atomic E-state index is 11.3. The predicted octanol–water partition coefficient (Wildman–Crippen LogP) is 2.55. The molecule has 0 bridgehead atoms. The Bertz CT molecular complexity index is 294. The quantitative estimate of drug-likeness (QED) is 0.612. The highest BCUT2D eigenvalue weighted by molar-refractivity contribution is 7.44. The number of amides is 1. The van der Waals surface area contributed by atoms with Crippen LogP contribution in [0.2, 0.25) is 0 Å². The van der Waals surface area contributed by atoms with E-state index in [4.69, 9.17) is 9.84 Å². The zero-order valence-electron chi connectivity index (χ0n) is 10.2. The fraction of sp³-hybridized carbons (Fsp3) is 0.800. The highest BCUT2D eigenvalue weighted by Crippen LogP contribution is 2.19. The van der Waals surface area contributed by atoms with Gasteiger partial charge in [0.05, 0.1) is 0 Å². The molecule has 0 radical (unpaired) electrons. The molecule has 0 heterocycles. The van der Waals surface area contributed by atoms with Crippen LogP contribution >= 0.6 is 7.80 Å². The van der Waals surface area contributed by atoms with Crippen LogP contribution in [0.3, 0.4) is 0 Å². The molecule has 16 heavy (non-hydrogen) atoms. The number of nitrogens with zero attached hydrogens (tertiary/aromatic N) is 1. The zero-order chi connectivity index (χ0) is 12.8.